The van der Waals surface area contributed by atoms with Gasteiger partial charge in [-0.1, -0.05) is 103 Å². The van der Waals surface area contributed by atoms with Crippen molar-refractivity contribution in [2.45, 2.75) is 0 Å². The maximum atomic E-state index is 14.1. The Kier molecular flexibility index (Phi) is 7.64. The van der Waals surface area contributed by atoms with E-state index in [9.17, 15) is 17.6 Å². The lowest BCUT2D eigenvalue weighted by Gasteiger charge is -2.10. The van der Waals surface area contributed by atoms with E-state index >= 15 is 0 Å². The van der Waals surface area contributed by atoms with Crippen LogP contribution < -0.4 is 0 Å². The third-order valence-corrected chi connectivity index (χ3v) is 7.56. The summed E-state index contributed by atoms with van der Waals surface area (Å²) in [5.41, 5.74) is 7.18. The number of halogens is 4. The van der Waals surface area contributed by atoms with Gasteiger partial charge in [0, 0.05) is 28.8 Å². The third-order valence-electron chi connectivity index (χ3n) is 7.56. The molecule has 7 aromatic rings. The molecule has 222 valence electrons. The van der Waals surface area contributed by atoms with E-state index in [-0.39, 0.29) is 28.6 Å². The molecule has 3 nitrogen and oxygen atoms in total. The maximum absolute atomic E-state index is 14.1. The van der Waals surface area contributed by atoms with Gasteiger partial charge < -0.3 is 0 Å². The second kappa shape index (κ2) is 12.2. The van der Waals surface area contributed by atoms with Gasteiger partial charge >= 0.3 is 0 Å². The van der Waals surface area contributed by atoms with Crippen LogP contribution in [0.2, 0.25) is 0 Å². The molecular formula is C39H23F4N3. The second-order valence-corrected chi connectivity index (χ2v) is 10.7. The Hall–Kier alpha value is -5.95. The van der Waals surface area contributed by atoms with Gasteiger partial charge in [-0.25, -0.2) is 32.5 Å². The van der Waals surface area contributed by atoms with E-state index in [2.05, 4.69) is 63.5 Å². The molecule has 6 aromatic carbocycles. The standard InChI is InChI=1S/C39H23F4N3/c40-33-18-31(19-34(41)22-33)38-44-37(45-39(46-38)32-20-35(42)23-36(43)21-32)30-16-14-29(15-17-30)28-12-10-27(11-13-28)26-8-6-25(7-9-26)24-4-2-1-3-5-24/h1-23H. The molecule has 0 amide bonds. The molecule has 0 radical (unpaired) electrons. The Morgan fingerprint density at radius 1 is 0.261 bits per heavy atom. The van der Waals surface area contributed by atoms with E-state index < -0.39 is 23.3 Å². The number of hydrogen-bond donors (Lipinski definition) is 0. The first-order valence-electron chi connectivity index (χ1n) is 14.4. The molecule has 1 aromatic heterocycles. The molecule has 0 aliphatic heterocycles. The van der Waals surface area contributed by atoms with E-state index in [1.54, 1.807) is 0 Å². The largest absolute Gasteiger partial charge is 0.208 e. The summed E-state index contributed by atoms with van der Waals surface area (Å²) in [5.74, 6) is -3.15. The highest BCUT2D eigenvalue weighted by atomic mass is 19.1. The van der Waals surface area contributed by atoms with Gasteiger partial charge in [0.1, 0.15) is 23.3 Å². The van der Waals surface area contributed by atoms with E-state index in [1.807, 2.05) is 54.6 Å². The Morgan fingerprint density at radius 2 is 0.522 bits per heavy atom. The molecule has 7 rings (SSSR count). The van der Waals surface area contributed by atoms with Crippen LogP contribution in [0.1, 0.15) is 0 Å². The fourth-order valence-electron chi connectivity index (χ4n) is 5.28. The first-order chi connectivity index (χ1) is 22.4. The van der Waals surface area contributed by atoms with Crippen LogP contribution in [0.15, 0.2) is 140 Å². The topological polar surface area (TPSA) is 38.7 Å². The quantitative estimate of drug-likeness (QED) is 0.176. The summed E-state index contributed by atoms with van der Waals surface area (Å²) in [6, 6.07) is 40.2. The van der Waals surface area contributed by atoms with Crippen molar-refractivity contribution in [2.24, 2.45) is 0 Å². The van der Waals surface area contributed by atoms with Crippen molar-refractivity contribution >= 4 is 0 Å². The van der Waals surface area contributed by atoms with E-state index in [0.717, 1.165) is 64.2 Å². The molecule has 0 aliphatic rings. The molecule has 0 saturated heterocycles. The Morgan fingerprint density at radius 3 is 0.848 bits per heavy atom. The molecule has 7 heteroatoms. The van der Waals surface area contributed by atoms with Crippen molar-refractivity contribution in [1.29, 1.82) is 0 Å². The molecule has 0 N–H and O–H groups in total. The zero-order valence-corrected chi connectivity index (χ0v) is 24.1. The summed E-state index contributed by atoms with van der Waals surface area (Å²) < 4.78 is 56.3. The summed E-state index contributed by atoms with van der Waals surface area (Å²) in [6.45, 7) is 0. The fourth-order valence-corrected chi connectivity index (χ4v) is 5.28. The highest BCUT2D eigenvalue weighted by Gasteiger charge is 2.15. The lowest BCUT2D eigenvalue weighted by molar-refractivity contribution is 0.583. The van der Waals surface area contributed by atoms with Gasteiger partial charge in [-0.05, 0) is 57.6 Å². The van der Waals surface area contributed by atoms with E-state index in [1.165, 1.54) is 5.56 Å². The Labute approximate surface area is 262 Å². The summed E-state index contributed by atoms with van der Waals surface area (Å²) >= 11 is 0. The molecule has 0 atom stereocenters. The fraction of sp³-hybridized carbons (Fsp3) is 0. The molecule has 0 spiro atoms. The minimum absolute atomic E-state index is 0.0421. The van der Waals surface area contributed by atoms with Gasteiger partial charge in [0.05, 0.1) is 0 Å². The molecular weight excluding hydrogens is 586 g/mol. The SMILES string of the molecule is Fc1cc(F)cc(-c2nc(-c3ccc(-c4ccc(-c5ccc(-c6ccccc6)cc5)cc4)cc3)nc(-c3cc(F)cc(F)c3)n2)c1. The summed E-state index contributed by atoms with van der Waals surface area (Å²) in [4.78, 5) is 13.2. The Bertz CT molecular complexity index is 2050. The zero-order chi connectivity index (χ0) is 31.6. The lowest BCUT2D eigenvalue weighted by Crippen LogP contribution is -2.01. The van der Waals surface area contributed by atoms with Crippen LogP contribution >= 0.6 is 0 Å². The van der Waals surface area contributed by atoms with E-state index in [4.69, 9.17) is 0 Å². The van der Waals surface area contributed by atoms with Crippen LogP contribution in [0.25, 0.3) is 67.5 Å². The lowest BCUT2D eigenvalue weighted by atomic mass is 9.98. The molecule has 1 heterocycles. The van der Waals surface area contributed by atoms with Crippen LogP contribution in [0.3, 0.4) is 0 Å². The van der Waals surface area contributed by atoms with Crippen molar-refractivity contribution in [2.75, 3.05) is 0 Å². The smallest absolute Gasteiger partial charge is 0.164 e. The number of benzene rings is 6. The average molecular weight is 610 g/mol. The minimum Gasteiger partial charge on any atom is -0.208 e. The molecule has 46 heavy (non-hydrogen) atoms. The van der Waals surface area contributed by atoms with Crippen LogP contribution in [0, 0.1) is 23.3 Å². The van der Waals surface area contributed by atoms with Crippen LogP contribution in [0.4, 0.5) is 17.6 Å². The molecule has 0 fully saturated rings. The number of nitrogens with zero attached hydrogens (tertiary/aromatic N) is 3. The van der Waals surface area contributed by atoms with Gasteiger partial charge in [0.25, 0.3) is 0 Å². The molecule has 0 aliphatic carbocycles. The number of rotatable bonds is 6. The first-order valence-corrected chi connectivity index (χ1v) is 14.4. The highest BCUT2D eigenvalue weighted by Crippen LogP contribution is 2.30. The summed E-state index contributed by atoms with van der Waals surface area (Å²) in [5, 5.41) is 0. The van der Waals surface area contributed by atoms with Crippen molar-refractivity contribution in [3.05, 3.63) is 163 Å². The zero-order valence-electron chi connectivity index (χ0n) is 24.1. The predicted molar refractivity (Wildman–Crippen MR) is 172 cm³/mol. The molecule has 0 bridgehead atoms. The summed E-state index contributed by atoms with van der Waals surface area (Å²) in [6.07, 6.45) is 0. The van der Waals surface area contributed by atoms with Crippen LogP contribution in [-0.2, 0) is 0 Å². The third kappa shape index (κ3) is 6.16. The predicted octanol–water partition coefficient (Wildman–Crippen LogP) is 10.4. The first kappa shape index (κ1) is 28.8. The van der Waals surface area contributed by atoms with Gasteiger partial charge in [-0.3, -0.25) is 0 Å². The van der Waals surface area contributed by atoms with Crippen molar-refractivity contribution in [3.63, 3.8) is 0 Å². The van der Waals surface area contributed by atoms with Crippen LogP contribution in [-0.4, -0.2) is 15.0 Å². The average Bonchev–Trinajstić information content (AvgIpc) is 3.08. The molecule has 0 saturated carbocycles. The van der Waals surface area contributed by atoms with Crippen molar-refractivity contribution in [3.8, 4) is 67.5 Å². The van der Waals surface area contributed by atoms with Gasteiger partial charge in [-0.15, -0.1) is 0 Å². The normalized spacial score (nSPS) is 11.0. The number of hydrogen-bond acceptors (Lipinski definition) is 3. The highest BCUT2D eigenvalue weighted by molar-refractivity contribution is 5.75. The van der Waals surface area contributed by atoms with Gasteiger partial charge in [-0.2, -0.15) is 0 Å². The monoisotopic (exact) mass is 609 g/mol. The minimum atomic E-state index is -0.810. The van der Waals surface area contributed by atoms with Crippen molar-refractivity contribution in [1.82, 2.24) is 15.0 Å². The summed E-state index contributed by atoms with van der Waals surface area (Å²) in [7, 11) is 0. The maximum Gasteiger partial charge on any atom is 0.164 e. The van der Waals surface area contributed by atoms with Crippen molar-refractivity contribution < 1.29 is 17.6 Å². The second-order valence-electron chi connectivity index (χ2n) is 10.7. The molecule has 0 unspecified atom stereocenters. The van der Waals surface area contributed by atoms with Gasteiger partial charge in [0.2, 0.25) is 0 Å². The van der Waals surface area contributed by atoms with Crippen LogP contribution in [0.5, 0.6) is 0 Å². The van der Waals surface area contributed by atoms with Gasteiger partial charge in [0.15, 0.2) is 17.5 Å². The number of aromatic nitrogens is 3. The Balaban J connectivity index is 1.19. The van der Waals surface area contributed by atoms with E-state index in [0.29, 0.717) is 5.56 Å².